The second-order valence-corrected chi connectivity index (χ2v) is 3.61. The van der Waals surface area contributed by atoms with Crippen LogP contribution in [-0.4, -0.2) is 24.9 Å². The van der Waals surface area contributed by atoms with Crippen LogP contribution in [0.5, 0.6) is 5.75 Å². The zero-order chi connectivity index (χ0) is 11.1. The van der Waals surface area contributed by atoms with Gasteiger partial charge in [-0.1, -0.05) is 19.1 Å². The van der Waals surface area contributed by atoms with Crippen molar-refractivity contribution < 1.29 is 9.84 Å². The van der Waals surface area contributed by atoms with Crippen molar-refractivity contribution in [2.24, 2.45) is 0 Å². The molecule has 1 rings (SSSR count). The molecule has 0 unspecified atom stereocenters. The van der Waals surface area contributed by atoms with Gasteiger partial charge in [-0.2, -0.15) is 0 Å². The third-order valence-corrected chi connectivity index (χ3v) is 2.37. The monoisotopic (exact) mass is 209 g/mol. The van der Waals surface area contributed by atoms with Gasteiger partial charge in [0.25, 0.3) is 0 Å². The molecule has 84 valence electrons. The number of aromatic hydroxyl groups is 1. The molecular formula is C12H19NO2. The third-order valence-electron chi connectivity index (χ3n) is 2.37. The van der Waals surface area contributed by atoms with Crippen LogP contribution >= 0.6 is 0 Å². The Kier molecular flexibility index (Phi) is 5.15. The lowest BCUT2D eigenvalue weighted by Crippen LogP contribution is -2.31. The molecule has 1 atom stereocenters. The van der Waals surface area contributed by atoms with Gasteiger partial charge in [0, 0.05) is 19.7 Å². The highest BCUT2D eigenvalue weighted by Crippen LogP contribution is 2.10. The number of hydrogen-bond acceptors (Lipinski definition) is 3. The summed E-state index contributed by atoms with van der Waals surface area (Å²) >= 11 is 0. The molecule has 0 saturated heterocycles. The lowest BCUT2D eigenvalue weighted by Gasteiger charge is -2.15. The maximum absolute atomic E-state index is 9.29. The molecule has 3 heteroatoms. The molecule has 0 aliphatic rings. The van der Waals surface area contributed by atoms with Crippen molar-refractivity contribution in [2.45, 2.75) is 25.9 Å². The lowest BCUT2D eigenvalue weighted by atomic mass is 10.2. The number of ether oxygens (including phenoxy) is 1. The van der Waals surface area contributed by atoms with Gasteiger partial charge in [-0.25, -0.2) is 0 Å². The number of nitrogens with one attached hydrogen (secondary N) is 1. The third kappa shape index (κ3) is 4.32. The van der Waals surface area contributed by atoms with Gasteiger partial charge < -0.3 is 15.2 Å². The molecule has 15 heavy (non-hydrogen) atoms. The fraction of sp³-hybridized carbons (Fsp3) is 0.500. The SMILES string of the molecule is CC[C@H](COC)NCc1cccc(O)c1. The van der Waals surface area contributed by atoms with Gasteiger partial charge in [-0.05, 0) is 24.1 Å². The number of hydrogen-bond donors (Lipinski definition) is 2. The van der Waals surface area contributed by atoms with Gasteiger partial charge >= 0.3 is 0 Å². The van der Waals surface area contributed by atoms with Crippen molar-refractivity contribution in [3.8, 4) is 5.75 Å². The summed E-state index contributed by atoms with van der Waals surface area (Å²) in [5, 5.41) is 12.7. The molecule has 0 fully saturated rings. The molecule has 2 N–H and O–H groups in total. The summed E-state index contributed by atoms with van der Waals surface area (Å²) < 4.78 is 5.10. The van der Waals surface area contributed by atoms with Crippen LogP contribution in [0, 0.1) is 0 Å². The molecule has 1 aromatic rings. The van der Waals surface area contributed by atoms with Crippen molar-refractivity contribution in [1.29, 1.82) is 0 Å². The highest BCUT2D eigenvalue weighted by Gasteiger charge is 2.04. The number of phenols is 1. The summed E-state index contributed by atoms with van der Waals surface area (Å²) in [6.45, 7) is 3.60. The quantitative estimate of drug-likeness (QED) is 0.752. The average molecular weight is 209 g/mol. The first-order valence-electron chi connectivity index (χ1n) is 5.26. The molecule has 0 aliphatic heterocycles. The van der Waals surface area contributed by atoms with Gasteiger partial charge in [-0.3, -0.25) is 0 Å². The van der Waals surface area contributed by atoms with E-state index in [1.807, 2.05) is 12.1 Å². The average Bonchev–Trinajstić information content (AvgIpc) is 2.24. The van der Waals surface area contributed by atoms with Crippen LogP contribution in [0.4, 0.5) is 0 Å². The molecule has 0 heterocycles. The number of methoxy groups -OCH3 is 1. The molecule has 0 amide bonds. The summed E-state index contributed by atoms with van der Waals surface area (Å²) in [5.41, 5.74) is 1.09. The Bertz CT molecular complexity index is 289. The fourth-order valence-corrected chi connectivity index (χ4v) is 1.45. The molecule has 0 spiro atoms. The minimum absolute atomic E-state index is 0.314. The number of phenolic OH excluding ortho intramolecular Hbond substituents is 1. The molecule has 0 bridgehead atoms. The van der Waals surface area contributed by atoms with Gasteiger partial charge in [0.1, 0.15) is 5.75 Å². The normalized spacial score (nSPS) is 12.7. The maximum atomic E-state index is 9.29. The minimum atomic E-state index is 0.314. The summed E-state index contributed by atoms with van der Waals surface area (Å²) in [4.78, 5) is 0. The first-order chi connectivity index (χ1) is 7.26. The fourth-order valence-electron chi connectivity index (χ4n) is 1.45. The predicted molar refractivity (Wildman–Crippen MR) is 60.9 cm³/mol. The van der Waals surface area contributed by atoms with Crippen LogP contribution in [0.1, 0.15) is 18.9 Å². The van der Waals surface area contributed by atoms with Gasteiger partial charge in [0.05, 0.1) is 6.61 Å². The van der Waals surface area contributed by atoms with Crippen LogP contribution in [0.2, 0.25) is 0 Å². The van der Waals surface area contributed by atoms with Crippen molar-refractivity contribution in [3.05, 3.63) is 29.8 Å². The van der Waals surface area contributed by atoms with Gasteiger partial charge in [-0.15, -0.1) is 0 Å². The van der Waals surface area contributed by atoms with Crippen LogP contribution in [0.3, 0.4) is 0 Å². The van der Waals surface area contributed by atoms with E-state index in [4.69, 9.17) is 4.74 Å². The number of rotatable bonds is 6. The Morgan fingerprint density at radius 3 is 2.87 bits per heavy atom. The van der Waals surface area contributed by atoms with Crippen molar-refractivity contribution in [1.82, 2.24) is 5.32 Å². The zero-order valence-corrected chi connectivity index (χ0v) is 9.36. The minimum Gasteiger partial charge on any atom is -0.508 e. The Morgan fingerprint density at radius 2 is 2.27 bits per heavy atom. The largest absolute Gasteiger partial charge is 0.508 e. The van der Waals surface area contributed by atoms with Gasteiger partial charge in [0.2, 0.25) is 0 Å². The van der Waals surface area contributed by atoms with Crippen molar-refractivity contribution in [3.63, 3.8) is 0 Å². The second-order valence-electron chi connectivity index (χ2n) is 3.61. The molecule has 3 nitrogen and oxygen atoms in total. The van der Waals surface area contributed by atoms with Crippen LogP contribution < -0.4 is 5.32 Å². The second kappa shape index (κ2) is 6.43. The van der Waals surface area contributed by atoms with E-state index in [0.29, 0.717) is 11.8 Å². The Balaban J connectivity index is 2.41. The first-order valence-corrected chi connectivity index (χ1v) is 5.26. The van der Waals surface area contributed by atoms with Crippen molar-refractivity contribution in [2.75, 3.05) is 13.7 Å². The van der Waals surface area contributed by atoms with E-state index in [0.717, 1.165) is 25.1 Å². The van der Waals surface area contributed by atoms with E-state index >= 15 is 0 Å². The number of benzene rings is 1. The molecular weight excluding hydrogens is 190 g/mol. The molecule has 0 aliphatic carbocycles. The summed E-state index contributed by atoms with van der Waals surface area (Å²) in [6.07, 6.45) is 1.03. The molecule has 0 radical (unpaired) electrons. The van der Waals surface area contributed by atoms with Gasteiger partial charge in [0.15, 0.2) is 0 Å². The van der Waals surface area contributed by atoms with E-state index in [9.17, 15) is 5.11 Å². The maximum Gasteiger partial charge on any atom is 0.115 e. The standard InChI is InChI=1S/C12H19NO2/c1-3-11(9-15-2)13-8-10-5-4-6-12(14)7-10/h4-7,11,13-14H,3,8-9H2,1-2H3/t11-/m1/s1. The first kappa shape index (κ1) is 12.0. The van der Waals surface area contributed by atoms with E-state index in [1.165, 1.54) is 0 Å². The van der Waals surface area contributed by atoms with Crippen molar-refractivity contribution >= 4 is 0 Å². The van der Waals surface area contributed by atoms with E-state index in [-0.39, 0.29) is 0 Å². The summed E-state index contributed by atoms with van der Waals surface area (Å²) in [7, 11) is 1.71. The summed E-state index contributed by atoms with van der Waals surface area (Å²) in [5.74, 6) is 0.314. The lowest BCUT2D eigenvalue weighted by molar-refractivity contribution is 0.164. The highest BCUT2D eigenvalue weighted by molar-refractivity contribution is 5.26. The summed E-state index contributed by atoms with van der Waals surface area (Å²) in [6, 6.07) is 7.66. The Hall–Kier alpha value is -1.06. The molecule has 1 aromatic carbocycles. The van der Waals surface area contributed by atoms with Crippen LogP contribution in [0.15, 0.2) is 24.3 Å². The Morgan fingerprint density at radius 1 is 1.47 bits per heavy atom. The Labute approximate surface area is 91.1 Å². The molecule has 0 aromatic heterocycles. The molecule has 0 saturated carbocycles. The van der Waals surface area contributed by atoms with Crippen LogP contribution in [0.25, 0.3) is 0 Å². The van der Waals surface area contributed by atoms with Crippen LogP contribution in [-0.2, 0) is 11.3 Å². The smallest absolute Gasteiger partial charge is 0.115 e. The zero-order valence-electron chi connectivity index (χ0n) is 9.36. The highest BCUT2D eigenvalue weighted by atomic mass is 16.5. The van der Waals surface area contributed by atoms with E-state index in [2.05, 4.69) is 12.2 Å². The van der Waals surface area contributed by atoms with E-state index < -0.39 is 0 Å². The predicted octanol–water partition coefficient (Wildman–Crippen LogP) is 1.91. The topological polar surface area (TPSA) is 41.5 Å². The van der Waals surface area contributed by atoms with E-state index in [1.54, 1.807) is 19.2 Å².